The maximum Gasteiger partial charge on any atom is 0.347 e. The van der Waals surface area contributed by atoms with Crippen LogP contribution in [0.4, 0.5) is 0 Å². The lowest BCUT2D eigenvalue weighted by atomic mass is 10.0. The lowest BCUT2D eigenvalue weighted by molar-refractivity contribution is 0.0735. The Labute approximate surface area is 273 Å². The van der Waals surface area contributed by atoms with E-state index in [1.54, 1.807) is 0 Å². The van der Waals surface area contributed by atoms with Crippen molar-refractivity contribution in [3.8, 4) is 17.2 Å². The number of hydrogen-bond donors (Lipinski definition) is 0. The summed E-state index contributed by atoms with van der Waals surface area (Å²) < 4.78 is 20.9. The van der Waals surface area contributed by atoms with Crippen LogP contribution in [-0.4, -0.2) is 22.6 Å². The maximum atomic E-state index is 14.4. The quantitative estimate of drug-likeness (QED) is 0.0615. The molecule has 0 bridgehead atoms. The molecule has 0 heterocycles. The van der Waals surface area contributed by atoms with Crippen LogP contribution in [0.1, 0.15) is 90.4 Å². The maximum absolute atomic E-state index is 14.4. The highest BCUT2D eigenvalue weighted by atomic mass is 28.4. The summed E-state index contributed by atoms with van der Waals surface area (Å²) in [5.74, 6) is 1.65. The predicted octanol–water partition coefficient (Wildman–Crippen LogP) is 12.3. The van der Waals surface area contributed by atoms with E-state index < -0.39 is 22.6 Å². The SMILES string of the molecule is CCC[Si](CCC)(CCC)Oc1cc(C(=O)Oc2cccc3ccccc23)c(O[Si](CCC)(CCC)CCC)c2ccccc12. The van der Waals surface area contributed by atoms with Crippen molar-refractivity contribution in [2.45, 2.75) is 116 Å². The summed E-state index contributed by atoms with van der Waals surface area (Å²) in [5, 5.41) is 3.94. The Hall–Kier alpha value is -3.10. The highest BCUT2D eigenvalue weighted by Gasteiger charge is 2.38. The molecule has 0 aliphatic carbocycles. The Morgan fingerprint density at radius 2 is 1.00 bits per heavy atom. The molecule has 4 nitrogen and oxygen atoms in total. The van der Waals surface area contributed by atoms with Crippen LogP contribution >= 0.6 is 0 Å². The molecule has 45 heavy (non-hydrogen) atoms. The summed E-state index contributed by atoms with van der Waals surface area (Å²) in [6, 6.07) is 30.8. The summed E-state index contributed by atoms with van der Waals surface area (Å²) in [5.41, 5.74) is 0.476. The number of benzene rings is 4. The van der Waals surface area contributed by atoms with Gasteiger partial charge in [-0.25, -0.2) is 4.79 Å². The van der Waals surface area contributed by atoms with Crippen molar-refractivity contribution in [2.75, 3.05) is 0 Å². The minimum absolute atomic E-state index is 0.391. The summed E-state index contributed by atoms with van der Waals surface area (Å²) >= 11 is 0. The van der Waals surface area contributed by atoms with Gasteiger partial charge >= 0.3 is 5.97 Å². The van der Waals surface area contributed by atoms with E-state index in [0.717, 1.165) is 102 Å². The van der Waals surface area contributed by atoms with E-state index in [1.807, 2.05) is 48.5 Å². The number of ether oxygens (including phenoxy) is 1. The second kappa shape index (κ2) is 16.5. The molecule has 0 unspecified atom stereocenters. The van der Waals surface area contributed by atoms with Crippen molar-refractivity contribution in [3.63, 3.8) is 0 Å². The molecular weight excluding hydrogens is 589 g/mol. The highest BCUT2D eigenvalue weighted by Crippen LogP contribution is 2.43. The van der Waals surface area contributed by atoms with E-state index in [4.69, 9.17) is 13.6 Å². The average Bonchev–Trinajstić information content (AvgIpc) is 3.03. The van der Waals surface area contributed by atoms with E-state index in [2.05, 4.69) is 65.8 Å². The molecule has 0 N–H and O–H groups in total. The van der Waals surface area contributed by atoms with Crippen LogP contribution in [0, 0.1) is 0 Å². The Bertz CT molecular complexity index is 1510. The molecule has 6 heteroatoms. The second-order valence-electron chi connectivity index (χ2n) is 12.7. The third-order valence-corrected chi connectivity index (χ3v) is 18.8. The van der Waals surface area contributed by atoms with E-state index >= 15 is 0 Å². The molecule has 0 radical (unpaired) electrons. The highest BCUT2D eigenvalue weighted by molar-refractivity contribution is 6.75. The molecule has 0 aromatic heterocycles. The number of hydrogen-bond acceptors (Lipinski definition) is 4. The molecule has 0 saturated carbocycles. The van der Waals surface area contributed by atoms with Crippen molar-refractivity contribution < 1.29 is 18.4 Å². The number of rotatable bonds is 18. The first kappa shape index (κ1) is 34.8. The Morgan fingerprint density at radius 3 is 1.56 bits per heavy atom. The largest absolute Gasteiger partial charge is 0.543 e. The zero-order valence-electron chi connectivity index (χ0n) is 28.5. The van der Waals surface area contributed by atoms with E-state index in [0.29, 0.717) is 17.1 Å². The lowest BCUT2D eigenvalue weighted by Crippen LogP contribution is -2.42. The molecule has 4 aromatic rings. The smallest absolute Gasteiger partial charge is 0.347 e. The Morgan fingerprint density at radius 1 is 0.533 bits per heavy atom. The molecule has 242 valence electrons. The van der Waals surface area contributed by atoms with Crippen LogP contribution in [0.5, 0.6) is 17.2 Å². The van der Waals surface area contributed by atoms with Gasteiger partial charge in [-0.2, -0.15) is 0 Å². The van der Waals surface area contributed by atoms with Gasteiger partial charge in [0.25, 0.3) is 16.6 Å². The summed E-state index contributed by atoms with van der Waals surface area (Å²) in [4.78, 5) is 14.4. The minimum atomic E-state index is -2.21. The number of esters is 1. The normalized spacial score (nSPS) is 12.0. The first-order valence-corrected chi connectivity index (χ1v) is 22.6. The summed E-state index contributed by atoms with van der Waals surface area (Å²) in [6.07, 6.45) is 6.50. The van der Waals surface area contributed by atoms with Gasteiger partial charge < -0.3 is 13.6 Å². The fraction of sp³-hybridized carbons (Fsp3) is 0.462. The molecule has 4 rings (SSSR count). The molecule has 0 spiro atoms. The van der Waals surface area contributed by atoms with Crippen LogP contribution in [0.15, 0.2) is 72.8 Å². The Balaban J connectivity index is 1.95. The zero-order valence-corrected chi connectivity index (χ0v) is 30.5. The molecule has 0 aliphatic heterocycles. The van der Waals surface area contributed by atoms with Gasteiger partial charge in [0.1, 0.15) is 22.8 Å². The van der Waals surface area contributed by atoms with Crippen LogP contribution in [0.2, 0.25) is 36.3 Å². The number of carbonyl (C=O) groups is 1. The minimum Gasteiger partial charge on any atom is -0.543 e. The standard InChI is InChI=1S/C39H54O4Si2/c1-7-24-44(25-8-2,26-9-3)42-37-30-35(39(40)41-36-23-17-19-31-18-13-14-20-32(31)36)38(34-22-16-15-21-33(34)37)43-45(27-10-4,28-11-5)29-12-6/h13-23,30H,7-12,24-29H2,1-6H3. The Kier molecular flexibility index (Phi) is 12.7. The summed E-state index contributed by atoms with van der Waals surface area (Å²) in [7, 11) is -4.32. The predicted molar refractivity (Wildman–Crippen MR) is 196 cm³/mol. The van der Waals surface area contributed by atoms with Crippen LogP contribution in [0.25, 0.3) is 21.5 Å². The molecule has 0 fully saturated rings. The van der Waals surface area contributed by atoms with Gasteiger partial charge in [-0.05, 0) is 53.8 Å². The first-order valence-electron chi connectivity index (χ1n) is 17.5. The summed E-state index contributed by atoms with van der Waals surface area (Å²) in [6.45, 7) is 13.5. The molecule has 0 atom stereocenters. The van der Waals surface area contributed by atoms with E-state index in [-0.39, 0.29) is 0 Å². The van der Waals surface area contributed by atoms with Gasteiger partial charge in [-0.3, -0.25) is 0 Å². The molecule has 4 aromatic carbocycles. The van der Waals surface area contributed by atoms with Crippen LogP contribution in [-0.2, 0) is 0 Å². The third kappa shape index (κ3) is 8.20. The molecule has 0 aliphatic rings. The van der Waals surface area contributed by atoms with Crippen molar-refractivity contribution in [3.05, 3.63) is 78.4 Å². The topological polar surface area (TPSA) is 44.8 Å². The molecule has 0 saturated heterocycles. The van der Waals surface area contributed by atoms with E-state index in [1.165, 1.54) is 0 Å². The third-order valence-electron chi connectivity index (χ3n) is 9.01. The molecular formula is C39H54O4Si2. The first-order chi connectivity index (χ1) is 21.9. The number of carbonyl (C=O) groups excluding carboxylic acids is 1. The van der Waals surface area contributed by atoms with Crippen LogP contribution < -0.4 is 13.6 Å². The lowest BCUT2D eigenvalue weighted by Gasteiger charge is -2.35. The fourth-order valence-corrected chi connectivity index (χ4v) is 16.2. The van der Waals surface area contributed by atoms with Gasteiger partial charge in [0.05, 0.1) is 0 Å². The van der Waals surface area contributed by atoms with Gasteiger partial charge in [0.2, 0.25) is 0 Å². The van der Waals surface area contributed by atoms with Gasteiger partial charge in [-0.15, -0.1) is 0 Å². The van der Waals surface area contributed by atoms with Gasteiger partial charge in [0.15, 0.2) is 0 Å². The van der Waals surface area contributed by atoms with Gasteiger partial charge in [0, 0.05) is 16.2 Å². The van der Waals surface area contributed by atoms with Crippen molar-refractivity contribution in [1.29, 1.82) is 0 Å². The molecule has 0 amide bonds. The van der Waals surface area contributed by atoms with E-state index in [9.17, 15) is 4.79 Å². The van der Waals surface area contributed by atoms with Crippen molar-refractivity contribution in [1.82, 2.24) is 0 Å². The average molecular weight is 643 g/mol. The zero-order chi connectivity index (χ0) is 32.3. The monoisotopic (exact) mass is 642 g/mol. The van der Waals surface area contributed by atoms with Gasteiger partial charge in [-0.1, -0.05) is 141 Å². The van der Waals surface area contributed by atoms with Crippen LogP contribution in [0.3, 0.4) is 0 Å². The number of fused-ring (bicyclic) bond motifs is 2. The van der Waals surface area contributed by atoms with Crippen molar-refractivity contribution in [2.24, 2.45) is 0 Å². The second-order valence-corrected chi connectivity index (χ2v) is 20.9. The van der Waals surface area contributed by atoms with Crippen molar-refractivity contribution >= 4 is 44.1 Å². The fourth-order valence-electron chi connectivity index (χ4n) is 7.34.